The number of hydrogen-bond donors (Lipinski definition) is 0. The van der Waals surface area contributed by atoms with Crippen LogP contribution in [0.25, 0.3) is 34.4 Å². The van der Waals surface area contributed by atoms with Gasteiger partial charge in [-0.2, -0.15) is 0 Å². The molecular weight excluding hydrogens is 743 g/mol. The molecule has 0 aliphatic heterocycles. The van der Waals surface area contributed by atoms with Crippen molar-refractivity contribution < 1.29 is 15.6 Å². The molecule has 0 N–H and O–H groups in total. The van der Waals surface area contributed by atoms with E-state index >= 15 is 0 Å². The molecule has 6 rings (SSSR count). The minimum absolute atomic E-state index is 0.106. The van der Waals surface area contributed by atoms with Crippen LogP contribution < -0.4 is 0 Å². The number of halogens is 2. The molecule has 0 amide bonds. The molecule has 4 aromatic rings. The van der Waals surface area contributed by atoms with Crippen molar-refractivity contribution in [3.05, 3.63) is 129 Å². The number of allylic oxidation sites excluding steroid dienone is 2. The Morgan fingerprint density at radius 1 is 0.540 bits per heavy atom. The maximum absolute atomic E-state index is 8.52. The summed E-state index contributed by atoms with van der Waals surface area (Å²) in [7, 11) is 17.0. The molecule has 0 nitrogen and oxygen atoms in total. The Hall–Kier alpha value is -1.96. The zero-order chi connectivity index (χ0) is 35.5. The van der Waals surface area contributed by atoms with Crippen molar-refractivity contribution in [3.63, 3.8) is 0 Å². The van der Waals surface area contributed by atoms with Crippen molar-refractivity contribution in [3.8, 4) is 22.3 Å². The molecule has 2 atom stereocenters. The molecule has 0 fully saturated rings. The molecule has 263 valence electrons. The molecule has 0 aromatic heterocycles. The molecule has 2 aliphatic rings. The van der Waals surface area contributed by atoms with Gasteiger partial charge in [-0.3, -0.25) is 0 Å². The Balaban J connectivity index is 1.35. The Morgan fingerprint density at radius 3 is 1.30 bits per heavy atom. The fourth-order valence-electron chi connectivity index (χ4n) is 9.12. The minimum atomic E-state index is -4.72. The van der Waals surface area contributed by atoms with Gasteiger partial charge in [0.15, 0.2) is 0 Å². The van der Waals surface area contributed by atoms with Crippen molar-refractivity contribution in [1.29, 1.82) is 0 Å². The van der Waals surface area contributed by atoms with Crippen LogP contribution in [0.3, 0.4) is 0 Å². The normalized spacial score (nSPS) is 17.7. The van der Waals surface area contributed by atoms with Gasteiger partial charge in [-0.05, 0) is 0 Å². The molecule has 2 unspecified atom stereocenters. The summed E-state index contributed by atoms with van der Waals surface area (Å²) in [4.78, 5) is 0. The van der Waals surface area contributed by atoms with Crippen LogP contribution in [-0.2, 0) is 28.4 Å². The van der Waals surface area contributed by atoms with Gasteiger partial charge in [-0.1, -0.05) is 26.7 Å². The molecule has 2 aliphatic carbocycles. The van der Waals surface area contributed by atoms with Gasteiger partial charge in [0.2, 0.25) is 0 Å². The van der Waals surface area contributed by atoms with E-state index in [0.29, 0.717) is 0 Å². The number of benzene rings is 4. The van der Waals surface area contributed by atoms with Gasteiger partial charge in [0, 0.05) is 0 Å². The van der Waals surface area contributed by atoms with E-state index in [9.17, 15) is 0 Å². The first-order valence-corrected chi connectivity index (χ1v) is 35.8. The number of aryl methyl sites for hydroxylation is 2. The quantitative estimate of drug-likeness (QED) is 0.0830. The first-order chi connectivity index (χ1) is 24.1. The van der Waals surface area contributed by atoms with E-state index in [-0.39, 0.29) is 7.25 Å². The molecule has 0 saturated heterocycles. The number of hydrogen-bond acceptors (Lipinski definition) is 0. The molecule has 0 saturated carbocycles. The van der Waals surface area contributed by atoms with E-state index in [1.165, 1.54) is 118 Å². The van der Waals surface area contributed by atoms with Crippen molar-refractivity contribution in [2.75, 3.05) is 0 Å². The summed E-state index contributed by atoms with van der Waals surface area (Å²) in [5.41, 5.74) is 16.1. The zero-order valence-corrected chi connectivity index (χ0v) is 36.4. The number of fused-ring (bicyclic) bond motifs is 2. The SMILES string of the molecule is CCCCCCc1ccc(-c2cccc3c2C=C(C)[CH]3[Zr]([Cl])([Cl])([CH]2C(C)=Cc3c(-c4ccc(CCCCCC)cc4)cccc32)[SiH](C)C)cc1. The molecule has 50 heavy (non-hydrogen) atoms. The third-order valence-corrected chi connectivity index (χ3v) is 64.2. The van der Waals surface area contributed by atoms with Crippen LogP contribution in [0.2, 0.25) is 13.1 Å². The van der Waals surface area contributed by atoms with Crippen LogP contribution in [0.5, 0.6) is 0 Å². The van der Waals surface area contributed by atoms with E-state index in [1.54, 1.807) is 0 Å². The average molecular weight is 800 g/mol. The fraction of sp³-hybridized carbons (Fsp3) is 0.391. The van der Waals surface area contributed by atoms with Crippen molar-refractivity contribution in [1.82, 2.24) is 0 Å². The van der Waals surface area contributed by atoms with E-state index in [2.05, 4.69) is 138 Å². The van der Waals surface area contributed by atoms with Gasteiger partial charge in [-0.15, -0.1) is 0 Å². The molecule has 0 bridgehead atoms. The van der Waals surface area contributed by atoms with E-state index in [0.717, 1.165) is 12.8 Å². The third kappa shape index (κ3) is 7.18. The molecule has 0 spiro atoms. The van der Waals surface area contributed by atoms with Gasteiger partial charge in [0.25, 0.3) is 0 Å². The molecule has 4 aromatic carbocycles. The topological polar surface area (TPSA) is 0 Å². The van der Waals surface area contributed by atoms with Gasteiger partial charge in [0.1, 0.15) is 0 Å². The Kier molecular flexibility index (Phi) is 12.1. The van der Waals surface area contributed by atoms with Crippen LogP contribution in [0, 0.1) is 0 Å². The van der Waals surface area contributed by atoms with Gasteiger partial charge >= 0.3 is 288 Å². The molecule has 4 heteroatoms. The van der Waals surface area contributed by atoms with Crippen molar-refractivity contribution in [2.45, 2.75) is 112 Å². The molecule has 0 radical (unpaired) electrons. The van der Waals surface area contributed by atoms with Crippen molar-refractivity contribution in [2.24, 2.45) is 0 Å². The fourth-order valence-corrected chi connectivity index (χ4v) is 42.0. The summed E-state index contributed by atoms with van der Waals surface area (Å²) in [5.74, 6) is -1.58. The first kappa shape index (κ1) is 37.8. The predicted molar refractivity (Wildman–Crippen MR) is 223 cm³/mol. The molecular formula is C46H57Cl2SiZr. The Morgan fingerprint density at radius 2 is 0.940 bits per heavy atom. The maximum atomic E-state index is 8.52. The summed E-state index contributed by atoms with van der Waals surface area (Å²) >= 11 is -4.72. The first-order valence-electron chi connectivity index (χ1n) is 19.5. The third-order valence-electron chi connectivity index (χ3n) is 11.9. The second-order valence-corrected chi connectivity index (χ2v) is 58.2. The monoisotopic (exact) mass is 797 g/mol. The van der Waals surface area contributed by atoms with E-state index in [1.807, 2.05) is 0 Å². The number of unbranched alkanes of at least 4 members (excludes halogenated alkanes) is 6. The van der Waals surface area contributed by atoms with Crippen LogP contribution in [-0.4, -0.2) is 5.92 Å². The van der Waals surface area contributed by atoms with E-state index in [4.69, 9.17) is 17.0 Å². The summed E-state index contributed by atoms with van der Waals surface area (Å²) < 4.78 is 0.211. The Labute approximate surface area is 312 Å². The standard InChI is InChI=1S/2C22H25.C2H7Si.2ClH.Zr/c2*1-3-4-5-6-8-18-11-13-19(14-12-18)21-10-7-9-20-15-17(2)16-22(20)21;1-3-2;;;/h2*7,9-16H,3-6,8H2,1-2H3;3H,1-2H3;2*1H;/q;;;;;+2/p-2. The summed E-state index contributed by atoms with van der Waals surface area (Å²) in [6, 6.07) is 32.4. The molecule has 0 heterocycles. The van der Waals surface area contributed by atoms with Gasteiger partial charge in [0.05, 0.1) is 0 Å². The summed E-state index contributed by atoms with van der Waals surface area (Å²) in [5, 5.41) is 0. The second kappa shape index (κ2) is 16.0. The zero-order valence-electron chi connectivity index (χ0n) is 31.3. The van der Waals surface area contributed by atoms with Crippen LogP contribution in [0.4, 0.5) is 0 Å². The van der Waals surface area contributed by atoms with Gasteiger partial charge in [-0.25, -0.2) is 0 Å². The van der Waals surface area contributed by atoms with Crippen LogP contribution in [0.1, 0.15) is 120 Å². The van der Waals surface area contributed by atoms with Crippen LogP contribution >= 0.6 is 17.0 Å². The average Bonchev–Trinajstić information content (AvgIpc) is 3.65. The van der Waals surface area contributed by atoms with E-state index < -0.39 is 21.5 Å². The number of rotatable bonds is 15. The van der Waals surface area contributed by atoms with Crippen LogP contribution in [0.15, 0.2) is 96.1 Å². The van der Waals surface area contributed by atoms with Crippen molar-refractivity contribution >= 4 is 35.1 Å². The second-order valence-electron chi connectivity index (χ2n) is 15.7. The summed E-state index contributed by atoms with van der Waals surface area (Å²) in [6.07, 6.45) is 17.5. The Bertz CT molecular complexity index is 1730. The summed E-state index contributed by atoms with van der Waals surface area (Å²) in [6.45, 7) is 14.0. The predicted octanol–water partition coefficient (Wildman–Crippen LogP) is 14.9. The van der Waals surface area contributed by atoms with Gasteiger partial charge < -0.3 is 0 Å².